The van der Waals surface area contributed by atoms with Crippen LogP contribution >= 0.6 is 0 Å². The second-order valence-corrected chi connectivity index (χ2v) is 3.89. The van der Waals surface area contributed by atoms with Gasteiger partial charge in [-0.05, 0) is 12.8 Å². The van der Waals surface area contributed by atoms with Crippen molar-refractivity contribution in [3.05, 3.63) is 0 Å². The van der Waals surface area contributed by atoms with Gasteiger partial charge in [0.25, 0.3) is 0 Å². The van der Waals surface area contributed by atoms with Gasteiger partial charge >= 0.3 is 6.03 Å². The van der Waals surface area contributed by atoms with Crippen molar-refractivity contribution in [2.75, 3.05) is 26.3 Å². The Morgan fingerprint density at radius 1 is 1.38 bits per heavy atom. The van der Waals surface area contributed by atoms with Gasteiger partial charge in [-0.2, -0.15) is 0 Å². The van der Waals surface area contributed by atoms with Crippen molar-refractivity contribution >= 4 is 6.03 Å². The van der Waals surface area contributed by atoms with Crippen molar-refractivity contribution in [3.8, 4) is 0 Å². The molecule has 4 N–H and O–H groups in total. The van der Waals surface area contributed by atoms with Crippen LogP contribution in [0.5, 0.6) is 0 Å². The number of nitrogens with zero attached hydrogens (tertiary/aromatic N) is 1. The third-order valence-corrected chi connectivity index (χ3v) is 3.08. The maximum absolute atomic E-state index is 10.9. The summed E-state index contributed by atoms with van der Waals surface area (Å²) >= 11 is 0. The van der Waals surface area contributed by atoms with Crippen LogP contribution in [0.4, 0.5) is 4.79 Å². The Morgan fingerprint density at radius 3 is 2.54 bits per heavy atom. The third-order valence-electron chi connectivity index (χ3n) is 3.08. The Balaban J connectivity index is 1.91. The smallest absolute Gasteiger partial charge is 0.314 e. The van der Waals surface area contributed by atoms with E-state index >= 15 is 0 Å². The number of likely N-dealkylation sites (tertiary alicyclic amines) is 1. The van der Waals surface area contributed by atoms with E-state index in [0.717, 1.165) is 39.1 Å². The molecular weight excluding hydrogens is 168 g/mol. The number of hydrogen-bond donors (Lipinski definition) is 3. The molecule has 2 saturated heterocycles. The van der Waals surface area contributed by atoms with E-state index in [1.807, 2.05) is 0 Å². The molecule has 2 aliphatic rings. The van der Waals surface area contributed by atoms with Crippen molar-refractivity contribution in [1.82, 2.24) is 15.5 Å². The lowest BCUT2D eigenvalue weighted by atomic mass is 9.89. The minimum atomic E-state index is -0.291. The van der Waals surface area contributed by atoms with Crippen LogP contribution in [0, 0.1) is 0 Å². The molecule has 2 rings (SSSR count). The first kappa shape index (κ1) is 8.77. The quantitative estimate of drug-likeness (QED) is 0.454. The molecule has 0 aliphatic carbocycles. The number of primary amides is 1. The molecule has 5 nitrogen and oxygen atoms in total. The van der Waals surface area contributed by atoms with E-state index in [1.54, 1.807) is 4.90 Å². The number of nitrogens with one attached hydrogen (secondary N) is 2. The van der Waals surface area contributed by atoms with Crippen molar-refractivity contribution in [1.29, 1.82) is 0 Å². The lowest BCUT2D eigenvalue weighted by Gasteiger charge is -2.38. The highest BCUT2D eigenvalue weighted by Gasteiger charge is 2.37. The predicted octanol–water partition coefficient (Wildman–Crippen LogP) is -0.950. The van der Waals surface area contributed by atoms with Crippen LogP contribution in [0.25, 0.3) is 0 Å². The molecule has 2 amide bonds. The molecule has 5 heteroatoms. The fraction of sp³-hybridized carbons (Fsp3) is 0.875. The van der Waals surface area contributed by atoms with Gasteiger partial charge in [-0.15, -0.1) is 0 Å². The normalized spacial score (nSPS) is 26.6. The molecule has 0 saturated carbocycles. The number of urea groups is 1. The molecule has 2 heterocycles. The Kier molecular flexibility index (Phi) is 2.13. The first-order valence-corrected chi connectivity index (χ1v) is 4.72. The van der Waals surface area contributed by atoms with Crippen molar-refractivity contribution in [2.45, 2.75) is 18.4 Å². The maximum atomic E-state index is 10.9. The van der Waals surface area contributed by atoms with Gasteiger partial charge in [0.1, 0.15) is 0 Å². The summed E-state index contributed by atoms with van der Waals surface area (Å²) in [7, 11) is 0. The highest BCUT2D eigenvalue weighted by atomic mass is 16.2. The van der Waals surface area contributed by atoms with Gasteiger partial charge in [0.05, 0.1) is 0 Å². The summed E-state index contributed by atoms with van der Waals surface area (Å²) in [5.74, 6) is 0. The molecule has 0 radical (unpaired) electrons. The van der Waals surface area contributed by atoms with Crippen LogP contribution in [-0.2, 0) is 0 Å². The summed E-state index contributed by atoms with van der Waals surface area (Å²) in [6.45, 7) is 3.46. The molecule has 0 unspecified atom stereocenters. The minimum Gasteiger partial charge on any atom is -0.351 e. The highest BCUT2D eigenvalue weighted by molar-refractivity contribution is 5.72. The van der Waals surface area contributed by atoms with E-state index in [0.29, 0.717) is 0 Å². The number of hydrogen-bond acceptors (Lipinski definition) is 3. The summed E-state index contributed by atoms with van der Waals surface area (Å²) in [5.41, 5.74) is 5.43. The molecule has 74 valence electrons. The summed E-state index contributed by atoms with van der Waals surface area (Å²) in [4.78, 5) is 12.6. The average molecular weight is 184 g/mol. The summed E-state index contributed by atoms with van der Waals surface area (Å²) < 4.78 is 0. The lowest BCUT2D eigenvalue weighted by molar-refractivity contribution is 0.162. The largest absolute Gasteiger partial charge is 0.351 e. The number of piperidine rings is 1. The Bertz CT molecular complexity index is 202. The summed E-state index contributed by atoms with van der Waals surface area (Å²) in [6.07, 6.45) is 2.01. The van der Waals surface area contributed by atoms with E-state index in [1.165, 1.54) is 0 Å². The van der Waals surface area contributed by atoms with Crippen LogP contribution in [0.1, 0.15) is 12.8 Å². The Morgan fingerprint density at radius 2 is 2.08 bits per heavy atom. The zero-order chi connectivity index (χ0) is 9.31. The van der Waals surface area contributed by atoms with Gasteiger partial charge in [0, 0.05) is 31.8 Å². The SMILES string of the molecule is NC(=O)N1CCC2(CC1)CNCN2. The molecule has 2 aliphatic heterocycles. The minimum absolute atomic E-state index is 0.228. The molecule has 1 spiro atoms. The molecule has 0 aromatic carbocycles. The van der Waals surface area contributed by atoms with Crippen LogP contribution in [0.15, 0.2) is 0 Å². The van der Waals surface area contributed by atoms with Gasteiger partial charge in [-0.25, -0.2) is 4.79 Å². The van der Waals surface area contributed by atoms with E-state index < -0.39 is 0 Å². The molecule has 0 aromatic heterocycles. The van der Waals surface area contributed by atoms with Gasteiger partial charge in [0.15, 0.2) is 0 Å². The van der Waals surface area contributed by atoms with Crippen molar-refractivity contribution in [2.24, 2.45) is 5.73 Å². The first-order chi connectivity index (χ1) is 6.22. The van der Waals surface area contributed by atoms with Gasteiger partial charge in [-0.1, -0.05) is 0 Å². The van der Waals surface area contributed by atoms with Crippen LogP contribution < -0.4 is 16.4 Å². The fourth-order valence-corrected chi connectivity index (χ4v) is 2.12. The average Bonchev–Trinajstić information content (AvgIpc) is 2.54. The molecule has 2 fully saturated rings. The number of nitrogens with two attached hydrogens (primary N) is 1. The van der Waals surface area contributed by atoms with Crippen molar-refractivity contribution < 1.29 is 4.79 Å². The third kappa shape index (κ3) is 1.62. The van der Waals surface area contributed by atoms with Crippen LogP contribution in [0.3, 0.4) is 0 Å². The molecule has 0 aromatic rings. The number of carbonyl (C=O) groups is 1. The van der Waals surface area contributed by atoms with Gasteiger partial charge < -0.3 is 16.0 Å². The second-order valence-electron chi connectivity index (χ2n) is 3.89. The van der Waals surface area contributed by atoms with E-state index in [9.17, 15) is 4.79 Å². The lowest BCUT2D eigenvalue weighted by Crippen LogP contribution is -2.54. The molecule has 0 bridgehead atoms. The standard InChI is InChI=1S/C8H16N4O/c9-7(13)12-3-1-8(2-4-12)5-10-6-11-8/h10-11H,1-6H2,(H2,9,13). The number of rotatable bonds is 0. The van der Waals surface area contributed by atoms with Gasteiger partial charge in [-0.3, -0.25) is 5.32 Å². The van der Waals surface area contributed by atoms with Crippen molar-refractivity contribution in [3.63, 3.8) is 0 Å². The van der Waals surface area contributed by atoms with Crippen LogP contribution in [-0.4, -0.2) is 42.8 Å². The number of carbonyl (C=O) groups excluding carboxylic acids is 1. The first-order valence-electron chi connectivity index (χ1n) is 4.72. The Hall–Kier alpha value is -0.810. The van der Waals surface area contributed by atoms with Gasteiger partial charge in [0.2, 0.25) is 0 Å². The molecule has 13 heavy (non-hydrogen) atoms. The molecule has 0 atom stereocenters. The summed E-state index contributed by atoms with van der Waals surface area (Å²) in [6, 6.07) is -0.291. The van der Waals surface area contributed by atoms with Crippen LogP contribution in [0.2, 0.25) is 0 Å². The zero-order valence-corrected chi connectivity index (χ0v) is 7.68. The monoisotopic (exact) mass is 184 g/mol. The molecular formula is C8H16N4O. The fourth-order valence-electron chi connectivity index (χ4n) is 2.12. The highest BCUT2D eigenvalue weighted by Crippen LogP contribution is 2.23. The number of amides is 2. The maximum Gasteiger partial charge on any atom is 0.314 e. The topological polar surface area (TPSA) is 70.4 Å². The second kappa shape index (κ2) is 3.16. The Labute approximate surface area is 77.6 Å². The van der Waals surface area contributed by atoms with E-state index in [2.05, 4.69) is 10.6 Å². The predicted molar refractivity (Wildman–Crippen MR) is 49.1 cm³/mol. The van der Waals surface area contributed by atoms with E-state index in [-0.39, 0.29) is 11.6 Å². The zero-order valence-electron chi connectivity index (χ0n) is 7.68. The summed E-state index contributed by atoms with van der Waals surface area (Å²) in [5, 5.41) is 6.72. The van der Waals surface area contributed by atoms with E-state index in [4.69, 9.17) is 5.73 Å².